The van der Waals surface area contributed by atoms with Crippen molar-refractivity contribution in [2.45, 2.75) is 37.3 Å². The molecule has 0 aromatic carbocycles. The molecule has 0 saturated carbocycles. The van der Waals surface area contributed by atoms with Crippen LogP contribution in [0.3, 0.4) is 0 Å². The van der Waals surface area contributed by atoms with Gasteiger partial charge in [0.25, 0.3) is 0 Å². The summed E-state index contributed by atoms with van der Waals surface area (Å²) in [5.74, 6) is 0.694. The van der Waals surface area contributed by atoms with Gasteiger partial charge in [-0.25, -0.2) is 0 Å². The molecule has 2 fully saturated rings. The maximum atomic E-state index is 4.49. The minimum absolute atomic E-state index is 0.694. The summed E-state index contributed by atoms with van der Waals surface area (Å²) in [6.07, 6.45) is 5.99. The van der Waals surface area contributed by atoms with Crippen LogP contribution in [0, 0.1) is 0 Å². The van der Waals surface area contributed by atoms with Crippen LogP contribution in [-0.2, 0) is 0 Å². The molecule has 0 N–H and O–H groups in total. The van der Waals surface area contributed by atoms with Crippen molar-refractivity contribution in [3.63, 3.8) is 0 Å². The van der Waals surface area contributed by atoms with Crippen LogP contribution < -0.4 is 0 Å². The summed E-state index contributed by atoms with van der Waals surface area (Å²) >= 11 is 0. The highest BCUT2D eigenvalue weighted by atomic mass is 15.2. The lowest BCUT2D eigenvalue weighted by atomic mass is 9.86. The van der Waals surface area contributed by atoms with E-state index in [1.165, 1.54) is 25.0 Å². The number of likely N-dealkylation sites (N-methyl/N-ethyl adjacent to an activating group) is 1. The van der Waals surface area contributed by atoms with Gasteiger partial charge in [-0.15, -0.1) is 0 Å². The fourth-order valence-corrected chi connectivity index (χ4v) is 3.17. The summed E-state index contributed by atoms with van der Waals surface area (Å²) < 4.78 is 0. The lowest BCUT2D eigenvalue weighted by Crippen LogP contribution is -2.25. The van der Waals surface area contributed by atoms with E-state index in [-0.39, 0.29) is 0 Å². The Kier molecular flexibility index (Phi) is 1.84. The zero-order chi connectivity index (χ0) is 9.54. The lowest BCUT2D eigenvalue weighted by molar-refractivity contribution is 0.306. The molecule has 2 heteroatoms. The molecule has 0 aliphatic carbocycles. The molecule has 0 spiro atoms. The Hall–Kier alpha value is -0.890. The van der Waals surface area contributed by atoms with Crippen molar-refractivity contribution < 1.29 is 0 Å². The zero-order valence-electron chi connectivity index (χ0n) is 8.56. The van der Waals surface area contributed by atoms with E-state index < -0.39 is 0 Å². The highest BCUT2D eigenvalue weighted by Gasteiger charge is 2.44. The van der Waals surface area contributed by atoms with Gasteiger partial charge >= 0.3 is 0 Å². The van der Waals surface area contributed by atoms with Crippen molar-refractivity contribution in [3.05, 3.63) is 30.1 Å². The molecule has 74 valence electrons. The Morgan fingerprint density at radius 3 is 2.86 bits per heavy atom. The Morgan fingerprint density at radius 1 is 1.36 bits per heavy atom. The Morgan fingerprint density at radius 2 is 2.29 bits per heavy atom. The van der Waals surface area contributed by atoms with E-state index in [9.17, 15) is 0 Å². The molecule has 1 aromatic heterocycles. The number of rotatable bonds is 1. The van der Waals surface area contributed by atoms with Crippen LogP contribution in [0.25, 0.3) is 0 Å². The van der Waals surface area contributed by atoms with Crippen LogP contribution in [0.1, 0.15) is 30.9 Å². The first-order chi connectivity index (χ1) is 6.86. The quantitative estimate of drug-likeness (QED) is 0.670. The van der Waals surface area contributed by atoms with E-state index in [1.54, 1.807) is 0 Å². The van der Waals surface area contributed by atoms with Gasteiger partial charge < -0.3 is 0 Å². The molecule has 3 atom stereocenters. The number of aromatic nitrogens is 1. The summed E-state index contributed by atoms with van der Waals surface area (Å²) in [5, 5.41) is 0. The topological polar surface area (TPSA) is 16.1 Å². The molecular weight excluding hydrogens is 172 g/mol. The van der Waals surface area contributed by atoms with Crippen LogP contribution >= 0.6 is 0 Å². The first-order valence-electron chi connectivity index (χ1n) is 5.49. The molecule has 2 saturated heterocycles. The summed E-state index contributed by atoms with van der Waals surface area (Å²) in [5.41, 5.74) is 1.30. The standard InChI is InChI=1S/C12H16N2/c1-14-9-5-6-12(14)10(8-9)11-4-2-3-7-13-11/h2-4,7,9-10,12H,5-6,8H2,1H3/t9?,10-,12+/m0/s1. The van der Waals surface area contributed by atoms with Gasteiger partial charge in [0.05, 0.1) is 0 Å². The van der Waals surface area contributed by atoms with Crippen LogP contribution in [0.15, 0.2) is 24.4 Å². The van der Waals surface area contributed by atoms with Crippen LogP contribution in [0.4, 0.5) is 0 Å². The minimum atomic E-state index is 0.694. The predicted molar refractivity (Wildman–Crippen MR) is 56.2 cm³/mol. The molecule has 2 aliphatic rings. The summed E-state index contributed by atoms with van der Waals surface area (Å²) in [7, 11) is 2.27. The Balaban J connectivity index is 1.89. The van der Waals surface area contributed by atoms with Gasteiger partial charge in [0, 0.05) is 29.9 Å². The molecule has 0 radical (unpaired) electrons. The third kappa shape index (κ3) is 1.10. The smallest absolute Gasteiger partial charge is 0.0450 e. The predicted octanol–water partition coefficient (Wildman–Crippen LogP) is 2.03. The molecule has 0 amide bonds. The molecule has 14 heavy (non-hydrogen) atoms. The Bertz CT molecular complexity index is 322. The van der Waals surface area contributed by atoms with E-state index in [4.69, 9.17) is 0 Å². The number of hydrogen-bond acceptors (Lipinski definition) is 2. The molecular formula is C12H16N2. The third-order valence-corrected chi connectivity index (χ3v) is 3.95. The highest BCUT2D eigenvalue weighted by Crippen LogP contribution is 2.44. The van der Waals surface area contributed by atoms with Gasteiger partial charge in [0.2, 0.25) is 0 Å². The molecule has 1 unspecified atom stereocenters. The van der Waals surface area contributed by atoms with Crippen molar-refractivity contribution in [1.29, 1.82) is 0 Å². The summed E-state index contributed by atoms with van der Waals surface area (Å²) in [6.45, 7) is 0. The van der Waals surface area contributed by atoms with Gasteiger partial charge in [0.1, 0.15) is 0 Å². The molecule has 2 aliphatic heterocycles. The zero-order valence-corrected chi connectivity index (χ0v) is 8.56. The Labute approximate surface area is 85.0 Å². The number of fused-ring (bicyclic) bond motifs is 2. The third-order valence-electron chi connectivity index (χ3n) is 3.95. The fraction of sp³-hybridized carbons (Fsp3) is 0.583. The normalized spacial score (nSPS) is 36.5. The summed E-state index contributed by atoms with van der Waals surface area (Å²) in [4.78, 5) is 7.04. The molecule has 2 nitrogen and oxygen atoms in total. The number of pyridine rings is 1. The average molecular weight is 188 g/mol. The number of nitrogens with zero attached hydrogens (tertiary/aromatic N) is 2. The van der Waals surface area contributed by atoms with E-state index >= 15 is 0 Å². The molecule has 2 bridgehead atoms. The maximum Gasteiger partial charge on any atom is 0.0450 e. The molecule has 1 aromatic rings. The first-order valence-corrected chi connectivity index (χ1v) is 5.49. The fourth-order valence-electron chi connectivity index (χ4n) is 3.17. The minimum Gasteiger partial charge on any atom is -0.300 e. The molecule has 3 heterocycles. The number of hydrogen-bond donors (Lipinski definition) is 0. The van der Waals surface area contributed by atoms with Crippen molar-refractivity contribution in [1.82, 2.24) is 9.88 Å². The van der Waals surface area contributed by atoms with Gasteiger partial charge in [-0.3, -0.25) is 9.88 Å². The monoisotopic (exact) mass is 188 g/mol. The van der Waals surface area contributed by atoms with Crippen LogP contribution in [0.5, 0.6) is 0 Å². The van der Waals surface area contributed by atoms with Crippen molar-refractivity contribution in [2.24, 2.45) is 0 Å². The van der Waals surface area contributed by atoms with Crippen molar-refractivity contribution in [3.8, 4) is 0 Å². The second-order valence-electron chi connectivity index (χ2n) is 4.56. The average Bonchev–Trinajstić information content (AvgIpc) is 2.76. The lowest BCUT2D eigenvalue weighted by Gasteiger charge is -2.20. The second kappa shape index (κ2) is 3.06. The molecule has 3 rings (SSSR count). The highest BCUT2D eigenvalue weighted by molar-refractivity contribution is 5.18. The van der Waals surface area contributed by atoms with Gasteiger partial charge in [0.15, 0.2) is 0 Å². The van der Waals surface area contributed by atoms with Crippen molar-refractivity contribution in [2.75, 3.05) is 7.05 Å². The SMILES string of the molecule is CN1C2CC[C@@H]1[C@H](c1ccccn1)C2. The van der Waals surface area contributed by atoms with E-state index in [2.05, 4.69) is 29.1 Å². The van der Waals surface area contributed by atoms with Gasteiger partial charge in [-0.2, -0.15) is 0 Å². The second-order valence-corrected chi connectivity index (χ2v) is 4.56. The maximum absolute atomic E-state index is 4.49. The van der Waals surface area contributed by atoms with Crippen LogP contribution in [0.2, 0.25) is 0 Å². The largest absolute Gasteiger partial charge is 0.300 e. The van der Waals surface area contributed by atoms with Gasteiger partial charge in [-0.05, 0) is 38.4 Å². The van der Waals surface area contributed by atoms with Gasteiger partial charge in [-0.1, -0.05) is 6.07 Å². The van der Waals surface area contributed by atoms with Crippen molar-refractivity contribution >= 4 is 0 Å². The first kappa shape index (κ1) is 8.42. The summed E-state index contributed by atoms with van der Waals surface area (Å²) in [6, 6.07) is 7.87. The van der Waals surface area contributed by atoms with E-state index in [1.807, 2.05) is 12.3 Å². The van der Waals surface area contributed by atoms with Crippen LogP contribution in [-0.4, -0.2) is 29.0 Å². The van der Waals surface area contributed by atoms with E-state index in [0.717, 1.165) is 12.1 Å². The van der Waals surface area contributed by atoms with E-state index in [0.29, 0.717) is 5.92 Å².